The first-order valence-corrected chi connectivity index (χ1v) is 11.2. The quantitative estimate of drug-likeness (QED) is 0.524. The van der Waals surface area contributed by atoms with Gasteiger partial charge in [0.2, 0.25) is 11.8 Å². The number of amides is 2. The molecule has 4 rings (SSSR count). The van der Waals surface area contributed by atoms with Gasteiger partial charge < -0.3 is 15.4 Å². The average Bonchev–Trinajstić information content (AvgIpc) is 2.82. The Kier molecular flexibility index (Phi) is 7.55. The lowest BCUT2D eigenvalue weighted by Gasteiger charge is -2.30. The molecular formula is C25H25ClN4O3. The van der Waals surface area contributed by atoms with Gasteiger partial charge in [0.25, 0.3) is 0 Å². The molecule has 2 aromatic carbocycles. The maximum absolute atomic E-state index is 12.5. The number of benzene rings is 2. The van der Waals surface area contributed by atoms with Gasteiger partial charge in [-0.3, -0.25) is 14.5 Å². The maximum atomic E-state index is 12.5. The minimum absolute atomic E-state index is 0.0517. The summed E-state index contributed by atoms with van der Waals surface area (Å²) in [5, 5.41) is 6.28. The van der Waals surface area contributed by atoms with Gasteiger partial charge >= 0.3 is 0 Å². The molecule has 0 radical (unpaired) electrons. The normalized spacial score (nSPS) is 14.5. The number of rotatable bonds is 7. The van der Waals surface area contributed by atoms with E-state index < -0.39 is 0 Å². The Bertz CT molecular complexity index is 1080. The molecule has 1 saturated heterocycles. The third-order valence-electron chi connectivity index (χ3n) is 5.40. The van der Waals surface area contributed by atoms with Crippen molar-refractivity contribution < 1.29 is 14.3 Å². The fourth-order valence-corrected chi connectivity index (χ4v) is 3.81. The van der Waals surface area contributed by atoms with E-state index >= 15 is 0 Å². The van der Waals surface area contributed by atoms with Crippen molar-refractivity contribution >= 4 is 34.9 Å². The monoisotopic (exact) mass is 464 g/mol. The summed E-state index contributed by atoms with van der Waals surface area (Å²) < 4.78 is 5.82. The SMILES string of the molecule is O=C(CN1CCC(C(=O)Nc2ccc(Cl)cn2)CC1)Nc1cccc(Oc2ccccc2)c1. The Morgan fingerprint density at radius 1 is 0.970 bits per heavy atom. The lowest BCUT2D eigenvalue weighted by Crippen LogP contribution is -2.41. The van der Waals surface area contributed by atoms with Gasteiger partial charge in [0.1, 0.15) is 17.3 Å². The van der Waals surface area contributed by atoms with Crippen molar-refractivity contribution in [3.05, 3.63) is 77.9 Å². The number of anilines is 2. The van der Waals surface area contributed by atoms with E-state index in [-0.39, 0.29) is 24.3 Å². The summed E-state index contributed by atoms with van der Waals surface area (Å²) in [6.07, 6.45) is 2.88. The predicted octanol–water partition coefficient (Wildman–Crippen LogP) is 4.82. The molecule has 0 aliphatic carbocycles. The van der Waals surface area contributed by atoms with Crippen LogP contribution < -0.4 is 15.4 Å². The summed E-state index contributed by atoms with van der Waals surface area (Å²) >= 11 is 5.83. The molecule has 0 atom stereocenters. The number of likely N-dealkylation sites (tertiary alicyclic amines) is 1. The molecule has 0 saturated carbocycles. The molecule has 0 unspecified atom stereocenters. The number of nitrogens with zero attached hydrogens (tertiary/aromatic N) is 2. The van der Waals surface area contributed by atoms with Gasteiger partial charge in [0.15, 0.2) is 0 Å². The molecule has 3 aromatic rings. The lowest BCUT2D eigenvalue weighted by molar-refractivity contribution is -0.121. The van der Waals surface area contributed by atoms with Gasteiger partial charge in [0.05, 0.1) is 11.6 Å². The number of aromatic nitrogens is 1. The summed E-state index contributed by atoms with van der Waals surface area (Å²) in [6.45, 7) is 1.63. The third-order valence-corrected chi connectivity index (χ3v) is 5.62. The lowest BCUT2D eigenvalue weighted by atomic mass is 9.96. The molecule has 2 amide bonds. The van der Waals surface area contributed by atoms with Crippen LogP contribution in [0.15, 0.2) is 72.9 Å². The number of ether oxygens (including phenoxy) is 1. The van der Waals surface area contributed by atoms with Gasteiger partial charge in [-0.25, -0.2) is 4.98 Å². The summed E-state index contributed by atoms with van der Waals surface area (Å²) in [5.41, 5.74) is 0.679. The van der Waals surface area contributed by atoms with E-state index in [1.807, 2.05) is 48.5 Å². The molecule has 1 aliphatic heterocycles. The van der Waals surface area contributed by atoms with E-state index in [0.717, 1.165) is 5.75 Å². The molecule has 170 valence electrons. The first kappa shape index (κ1) is 22.8. The minimum atomic E-state index is -0.103. The highest BCUT2D eigenvalue weighted by atomic mass is 35.5. The first-order chi connectivity index (χ1) is 16.0. The Morgan fingerprint density at radius 3 is 2.45 bits per heavy atom. The zero-order valence-corrected chi connectivity index (χ0v) is 18.8. The van der Waals surface area contributed by atoms with Crippen LogP contribution in [0.1, 0.15) is 12.8 Å². The standard InChI is InChI=1S/C25H25ClN4O3/c26-19-9-10-23(27-16-19)29-25(32)18-11-13-30(14-12-18)17-24(31)28-20-5-4-8-22(15-20)33-21-6-2-1-3-7-21/h1-10,15-16,18H,11-14,17H2,(H,28,31)(H,27,29,32). The third kappa shape index (κ3) is 6.78. The molecule has 8 heteroatoms. The summed E-state index contributed by atoms with van der Waals surface area (Å²) in [7, 11) is 0. The predicted molar refractivity (Wildman–Crippen MR) is 129 cm³/mol. The van der Waals surface area contributed by atoms with Crippen LogP contribution in [0.3, 0.4) is 0 Å². The van der Waals surface area contributed by atoms with Crippen LogP contribution in [0, 0.1) is 5.92 Å². The van der Waals surface area contributed by atoms with Crippen molar-refractivity contribution in [2.24, 2.45) is 5.92 Å². The number of carbonyl (C=O) groups is 2. The molecule has 7 nitrogen and oxygen atoms in total. The van der Waals surface area contributed by atoms with E-state index in [9.17, 15) is 9.59 Å². The zero-order valence-electron chi connectivity index (χ0n) is 18.0. The number of hydrogen-bond acceptors (Lipinski definition) is 5. The number of pyridine rings is 1. The highest BCUT2D eigenvalue weighted by molar-refractivity contribution is 6.30. The van der Waals surface area contributed by atoms with Gasteiger partial charge in [-0.2, -0.15) is 0 Å². The van der Waals surface area contributed by atoms with E-state index in [1.165, 1.54) is 6.20 Å². The number of hydrogen-bond donors (Lipinski definition) is 2. The largest absolute Gasteiger partial charge is 0.457 e. The highest BCUT2D eigenvalue weighted by Crippen LogP contribution is 2.24. The van der Waals surface area contributed by atoms with E-state index in [0.29, 0.717) is 48.2 Å². The fraction of sp³-hybridized carbons (Fsp3) is 0.240. The second kappa shape index (κ2) is 10.9. The summed E-state index contributed by atoms with van der Waals surface area (Å²) in [6, 6.07) is 20.2. The van der Waals surface area contributed by atoms with Gasteiger partial charge in [-0.1, -0.05) is 35.9 Å². The zero-order chi connectivity index (χ0) is 23.0. The number of halogens is 1. The Hall–Kier alpha value is -3.42. The van der Waals surface area contributed by atoms with Crippen molar-refractivity contribution in [1.82, 2.24) is 9.88 Å². The maximum Gasteiger partial charge on any atom is 0.238 e. The Labute approximate surface area is 197 Å². The first-order valence-electron chi connectivity index (χ1n) is 10.8. The molecule has 33 heavy (non-hydrogen) atoms. The van der Waals surface area contributed by atoms with E-state index in [1.54, 1.807) is 18.2 Å². The fourth-order valence-electron chi connectivity index (χ4n) is 3.70. The van der Waals surface area contributed by atoms with Crippen molar-refractivity contribution in [3.8, 4) is 11.5 Å². The van der Waals surface area contributed by atoms with Crippen molar-refractivity contribution in [2.75, 3.05) is 30.3 Å². The van der Waals surface area contributed by atoms with Gasteiger partial charge in [-0.05, 0) is 62.3 Å². The average molecular weight is 465 g/mol. The van der Waals surface area contributed by atoms with Crippen LogP contribution in [-0.4, -0.2) is 41.3 Å². The highest BCUT2D eigenvalue weighted by Gasteiger charge is 2.26. The molecule has 1 aromatic heterocycles. The van der Waals surface area contributed by atoms with Crippen LogP contribution in [-0.2, 0) is 9.59 Å². The van der Waals surface area contributed by atoms with Gasteiger partial charge in [0, 0.05) is 23.9 Å². The van der Waals surface area contributed by atoms with Gasteiger partial charge in [-0.15, -0.1) is 0 Å². The Balaban J connectivity index is 1.23. The van der Waals surface area contributed by atoms with Crippen LogP contribution in [0.4, 0.5) is 11.5 Å². The number of para-hydroxylation sites is 1. The van der Waals surface area contributed by atoms with Crippen LogP contribution in [0.5, 0.6) is 11.5 Å². The number of carbonyl (C=O) groups excluding carboxylic acids is 2. The summed E-state index contributed by atoms with van der Waals surface area (Å²) in [5.74, 6) is 1.63. The second-order valence-corrected chi connectivity index (χ2v) is 8.33. The minimum Gasteiger partial charge on any atom is -0.457 e. The van der Waals surface area contributed by atoms with E-state index in [2.05, 4.69) is 20.5 Å². The number of piperidine rings is 1. The topological polar surface area (TPSA) is 83.6 Å². The molecular weight excluding hydrogens is 440 g/mol. The van der Waals surface area contributed by atoms with Crippen molar-refractivity contribution in [2.45, 2.75) is 12.8 Å². The molecule has 0 bridgehead atoms. The van der Waals surface area contributed by atoms with Crippen LogP contribution >= 0.6 is 11.6 Å². The number of nitrogens with one attached hydrogen (secondary N) is 2. The van der Waals surface area contributed by atoms with Crippen LogP contribution in [0.25, 0.3) is 0 Å². The smallest absolute Gasteiger partial charge is 0.238 e. The van der Waals surface area contributed by atoms with Crippen LogP contribution in [0.2, 0.25) is 5.02 Å². The molecule has 2 N–H and O–H groups in total. The van der Waals surface area contributed by atoms with E-state index in [4.69, 9.17) is 16.3 Å². The second-order valence-electron chi connectivity index (χ2n) is 7.89. The van der Waals surface area contributed by atoms with Crippen molar-refractivity contribution in [1.29, 1.82) is 0 Å². The molecule has 1 aliphatic rings. The molecule has 1 fully saturated rings. The molecule has 2 heterocycles. The summed E-state index contributed by atoms with van der Waals surface area (Å²) in [4.78, 5) is 31.2. The Morgan fingerprint density at radius 2 is 1.73 bits per heavy atom. The molecule has 0 spiro atoms. The van der Waals surface area contributed by atoms with Crippen molar-refractivity contribution in [3.63, 3.8) is 0 Å².